The van der Waals surface area contributed by atoms with Crippen LogP contribution in [0.2, 0.25) is 10.0 Å². The second kappa shape index (κ2) is 3.76. The summed E-state index contributed by atoms with van der Waals surface area (Å²) < 4.78 is 1.73. The lowest BCUT2D eigenvalue weighted by atomic mass is 10.1. The summed E-state index contributed by atoms with van der Waals surface area (Å²) in [5, 5.41) is 1.20. The van der Waals surface area contributed by atoms with E-state index in [2.05, 4.69) is 4.98 Å². The van der Waals surface area contributed by atoms with Crippen molar-refractivity contribution in [3.05, 3.63) is 34.6 Å². The van der Waals surface area contributed by atoms with E-state index >= 15 is 0 Å². The standard InChI is InChI=1S/C10H9Cl2N3/c1-15-5-14-9(10(15)13)7-4-6(11)2-3-8(7)12/h2-5H,13H2,1H3. The average molecular weight is 242 g/mol. The summed E-state index contributed by atoms with van der Waals surface area (Å²) in [6, 6.07) is 5.21. The number of nitrogens with zero attached hydrogens (tertiary/aromatic N) is 2. The van der Waals surface area contributed by atoms with E-state index in [-0.39, 0.29) is 0 Å². The number of hydrogen-bond donors (Lipinski definition) is 1. The van der Waals surface area contributed by atoms with Crippen molar-refractivity contribution < 1.29 is 0 Å². The molecular weight excluding hydrogens is 233 g/mol. The Labute approximate surface area is 97.4 Å². The summed E-state index contributed by atoms with van der Waals surface area (Å²) in [6.07, 6.45) is 1.64. The van der Waals surface area contributed by atoms with Crippen molar-refractivity contribution in [2.24, 2.45) is 7.05 Å². The van der Waals surface area contributed by atoms with Gasteiger partial charge in [-0.25, -0.2) is 4.98 Å². The van der Waals surface area contributed by atoms with Crippen LogP contribution in [-0.2, 0) is 7.05 Å². The van der Waals surface area contributed by atoms with E-state index in [0.717, 1.165) is 5.56 Å². The quantitative estimate of drug-likeness (QED) is 0.835. The molecule has 0 spiro atoms. The zero-order valence-electron chi connectivity index (χ0n) is 8.04. The second-order valence-electron chi connectivity index (χ2n) is 3.21. The molecule has 3 nitrogen and oxygen atoms in total. The molecule has 0 aliphatic heterocycles. The van der Waals surface area contributed by atoms with Crippen LogP contribution < -0.4 is 5.73 Å². The third-order valence-electron chi connectivity index (χ3n) is 2.17. The average Bonchev–Trinajstić information content (AvgIpc) is 2.52. The monoisotopic (exact) mass is 241 g/mol. The van der Waals surface area contributed by atoms with Crippen molar-refractivity contribution in [3.8, 4) is 11.3 Å². The van der Waals surface area contributed by atoms with Crippen molar-refractivity contribution in [3.63, 3.8) is 0 Å². The fourth-order valence-corrected chi connectivity index (χ4v) is 1.71. The molecule has 2 rings (SSSR count). The highest BCUT2D eigenvalue weighted by molar-refractivity contribution is 6.35. The molecule has 0 radical (unpaired) electrons. The minimum absolute atomic E-state index is 0.569. The summed E-state index contributed by atoms with van der Waals surface area (Å²) in [4.78, 5) is 4.18. The molecule has 1 aromatic heterocycles. The van der Waals surface area contributed by atoms with E-state index in [4.69, 9.17) is 28.9 Å². The van der Waals surface area contributed by atoms with Gasteiger partial charge in [0.25, 0.3) is 0 Å². The molecule has 15 heavy (non-hydrogen) atoms. The molecule has 0 fully saturated rings. The SMILES string of the molecule is Cn1cnc(-c2cc(Cl)ccc2Cl)c1N. The minimum Gasteiger partial charge on any atom is -0.383 e. The highest BCUT2D eigenvalue weighted by Gasteiger charge is 2.11. The molecule has 0 atom stereocenters. The van der Waals surface area contributed by atoms with Gasteiger partial charge in [-0.15, -0.1) is 0 Å². The molecule has 0 aliphatic carbocycles. The maximum absolute atomic E-state index is 6.05. The van der Waals surface area contributed by atoms with Gasteiger partial charge in [0.15, 0.2) is 0 Å². The third kappa shape index (κ3) is 1.80. The van der Waals surface area contributed by atoms with E-state index in [0.29, 0.717) is 21.6 Å². The first kappa shape index (κ1) is 10.3. The zero-order chi connectivity index (χ0) is 11.0. The highest BCUT2D eigenvalue weighted by Crippen LogP contribution is 2.32. The lowest BCUT2D eigenvalue weighted by Gasteiger charge is -2.03. The number of benzene rings is 1. The molecule has 0 amide bonds. The Kier molecular flexibility index (Phi) is 2.59. The molecule has 0 bridgehead atoms. The van der Waals surface area contributed by atoms with Gasteiger partial charge in [-0.1, -0.05) is 23.2 Å². The fourth-order valence-electron chi connectivity index (χ4n) is 1.33. The fraction of sp³-hybridized carbons (Fsp3) is 0.100. The summed E-state index contributed by atoms with van der Waals surface area (Å²) in [5.74, 6) is 0.569. The van der Waals surface area contributed by atoms with E-state index in [1.165, 1.54) is 0 Å². The largest absolute Gasteiger partial charge is 0.383 e. The van der Waals surface area contributed by atoms with Crippen LogP contribution in [0.1, 0.15) is 0 Å². The number of anilines is 1. The molecule has 0 saturated heterocycles. The third-order valence-corrected chi connectivity index (χ3v) is 2.73. The van der Waals surface area contributed by atoms with Crippen molar-refractivity contribution in [1.82, 2.24) is 9.55 Å². The molecular formula is C10H9Cl2N3. The Morgan fingerprint density at radius 3 is 2.67 bits per heavy atom. The molecule has 0 saturated carbocycles. The Hall–Kier alpha value is -1.19. The zero-order valence-corrected chi connectivity index (χ0v) is 9.55. The predicted molar refractivity (Wildman–Crippen MR) is 63.1 cm³/mol. The van der Waals surface area contributed by atoms with Crippen molar-refractivity contribution in [2.75, 3.05) is 5.73 Å². The van der Waals surface area contributed by atoms with Crippen LogP contribution in [0.4, 0.5) is 5.82 Å². The van der Waals surface area contributed by atoms with Crippen LogP contribution in [0.15, 0.2) is 24.5 Å². The van der Waals surface area contributed by atoms with Gasteiger partial charge in [-0.3, -0.25) is 0 Å². The summed E-state index contributed by atoms with van der Waals surface area (Å²) in [7, 11) is 1.82. The lowest BCUT2D eigenvalue weighted by Crippen LogP contribution is -1.96. The van der Waals surface area contributed by atoms with Gasteiger partial charge in [0.1, 0.15) is 11.5 Å². The number of hydrogen-bond acceptors (Lipinski definition) is 2. The number of nitrogen functional groups attached to an aromatic ring is 1. The van der Waals surface area contributed by atoms with E-state index in [9.17, 15) is 0 Å². The predicted octanol–water partition coefficient (Wildman–Crippen LogP) is 2.98. The molecule has 5 heteroatoms. The topological polar surface area (TPSA) is 43.8 Å². The Balaban J connectivity index is 2.63. The van der Waals surface area contributed by atoms with E-state index < -0.39 is 0 Å². The number of nitrogens with two attached hydrogens (primary N) is 1. The molecule has 2 N–H and O–H groups in total. The number of aromatic nitrogens is 2. The van der Waals surface area contributed by atoms with Gasteiger partial charge in [0.05, 0.1) is 11.3 Å². The lowest BCUT2D eigenvalue weighted by molar-refractivity contribution is 0.925. The van der Waals surface area contributed by atoms with Gasteiger partial charge in [0.2, 0.25) is 0 Å². The van der Waals surface area contributed by atoms with E-state index in [1.807, 2.05) is 7.05 Å². The summed E-state index contributed by atoms with van der Waals surface area (Å²) in [5.41, 5.74) is 7.26. The maximum Gasteiger partial charge on any atom is 0.131 e. The van der Waals surface area contributed by atoms with Crippen LogP contribution in [-0.4, -0.2) is 9.55 Å². The van der Waals surface area contributed by atoms with Gasteiger partial charge in [-0.2, -0.15) is 0 Å². The smallest absolute Gasteiger partial charge is 0.131 e. The highest BCUT2D eigenvalue weighted by atomic mass is 35.5. The summed E-state index contributed by atoms with van der Waals surface area (Å²) >= 11 is 11.9. The first-order chi connectivity index (χ1) is 7.09. The molecule has 78 valence electrons. The van der Waals surface area contributed by atoms with Crippen molar-refractivity contribution in [1.29, 1.82) is 0 Å². The van der Waals surface area contributed by atoms with Crippen LogP contribution in [0.3, 0.4) is 0 Å². The van der Waals surface area contributed by atoms with Gasteiger partial charge >= 0.3 is 0 Å². The maximum atomic E-state index is 6.05. The summed E-state index contributed by atoms with van der Waals surface area (Å²) in [6.45, 7) is 0. The van der Waals surface area contributed by atoms with Gasteiger partial charge in [-0.05, 0) is 18.2 Å². The van der Waals surface area contributed by atoms with Crippen LogP contribution in [0, 0.1) is 0 Å². The first-order valence-corrected chi connectivity index (χ1v) is 5.07. The second-order valence-corrected chi connectivity index (χ2v) is 4.06. The number of aryl methyl sites for hydroxylation is 1. The van der Waals surface area contributed by atoms with E-state index in [1.54, 1.807) is 29.1 Å². The number of imidazole rings is 1. The Morgan fingerprint density at radius 2 is 2.07 bits per heavy atom. The number of rotatable bonds is 1. The van der Waals surface area contributed by atoms with Crippen LogP contribution >= 0.6 is 23.2 Å². The normalized spacial score (nSPS) is 10.6. The molecule has 0 unspecified atom stereocenters. The van der Waals surface area contributed by atoms with Crippen LogP contribution in [0.25, 0.3) is 11.3 Å². The van der Waals surface area contributed by atoms with Crippen LogP contribution in [0.5, 0.6) is 0 Å². The first-order valence-electron chi connectivity index (χ1n) is 4.32. The van der Waals surface area contributed by atoms with Gasteiger partial charge < -0.3 is 10.3 Å². The molecule has 0 aliphatic rings. The van der Waals surface area contributed by atoms with Crippen molar-refractivity contribution in [2.45, 2.75) is 0 Å². The van der Waals surface area contributed by atoms with Gasteiger partial charge in [0, 0.05) is 17.6 Å². The number of halogens is 2. The molecule has 1 aromatic carbocycles. The van der Waals surface area contributed by atoms with Crippen molar-refractivity contribution >= 4 is 29.0 Å². The Bertz CT molecular complexity index is 505. The molecule has 1 heterocycles. The molecule has 2 aromatic rings. The Morgan fingerprint density at radius 1 is 1.33 bits per heavy atom. The minimum atomic E-state index is 0.569.